The van der Waals surface area contributed by atoms with Gasteiger partial charge in [-0.1, -0.05) is 6.92 Å². The fourth-order valence-electron chi connectivity index (χ4n) is 2.20. The maximum absolute atomic E-state index is 11.3. The highest BCUT2D eigenvalue weighted by Crippen LogP contribution is 2.29. The molecular formula is C15H14BrN3O2. The summed E-state index contributed by atoms with van der Waals surface area (Å²) in [4.78, 5) is 19.9. The van der Waals surface area contributed by atoms with Crippen LogP contribution in [0.1, 0.15) is 24.7 Å². The van der Waals surface area contributed by atoms with Crippen molar-refractivity contribution in [3.8, 4) is 11.6 Å². The molecule has 1 N–H and O–H groups in total. The molecule has 1 aromatic heterocycles. The monoisotopic (exact) mass is 347 g/mol. The number of aryl methyl sites for hydroxylation is 2. The fourth-order valence-corrected chi connectivity index (χ4v) is 2.60. The molecule has 0 spiro atoms. The van der Waals surface area contributed by atoms with Crippen LogP contribution in [0.3, 0.4) is 0 Å². The minimum Gasteiger partial charge on any atom is -0.439 e. The molecule has 3 rings (SSSR count). The fraction of sp³-hybridized carbons (Fsp3) is 0.267. The van der Waals surface area contributed by atoms with Crippen LogP contribution < -0.4 is 10.1 Å². The second-order valence-corrected chi connectivity index (χ2v) is 5.58. The zero-order valence-electron chi connectivity index (χ0n) is 11.5. The van der Waals surface area contributed by atoms with Crippen molar-refractivity contribution in [3.63, 3.8) is 0 Å². The number of anilines is 1. The molecule has 0 unspecified atom stereocenters. The van der Waals surface area contributed by atoms with Crippen LogP contribution in [0.2, 0.25) is 0 Å². The standard InChI is InChI=1S/C15H14BrN3O2/c1-2-13-18-12(16)8-15(19-13)21-10-4-5-11-9(7-10)3-6-14(20)17-11/h4-5,7-8H,2-3,6H2,1H3,(H,17,20). The molecule has 0 fully saturated rings. The van der Waals surface area contributed by atoms with Crippen LogP contribution in [-0.2, 0) is 17.6 Å². The summed E-state index contributed by atoms with van der Waals surface area (Å²) in [5, 5.41) is 2.85. The number of nitrogens with zero attached hydrogens (tertiary/aromatic N) is 2. The number of ether oxygens (including phenoxy) is 1. The Balaban J connectivity index is 1.85. The van der Waals surface area contributed by atoms with Crippen molar-refractivity contribution in [2.75, 3.05) is 5.32 Å². The van der Waals surface area contributed by atoms with Gasteiger partial charge in [0.1, 0.15) is 16.2 Å². The van der Waals surface area contributed by atoms with Crippen LogP contribution in [0.25, 0.3) is 0 Å². The summed E-state index contributed by atoms with van der Waals surface area (Å²) in [5.41, 5.74) is 1.94. The molecule has 1 aliphatic heterocycles. The van der Waals surface area contributed by atoms with E-state index >= 15 is 0 Å². The van der Waals surface area contributed by atoms with E-state index in [2.05, 4.69) is 31.2 Å². The normalized spacial score (nSPS) is 13.5. The van der Waals surface area contributed by atoms with E-state index in [4.69, 9.17) is 4.74 Å². The Bertz CT molecular complexity index is 703. The summed E-state index contributed by atoms with van der Waals surface area (Å²) in [6.45, 7) is 1.99. The zero-order chi connectivity index (χ0) is 14.8. The minimum absolute atomic E-state index is 0.0588. The molecule has 1 aliphatic rings. The first kappa shape index (κ1) is 14.0. The smallest absolute Gasteiger partial charge is 0.224 e. The van der Waals surface area contributed by atoms with Gasteiger partial charge in [0.2, 0.25) is 11.8 Å². The van der Waals surface area contributed by atoms with Gasteiger partial charge in [-0.2, -0.15) is 4.98 Å². The molecular weight excluding hydrogens is 334 g/mol. The summed E-state index contributed by atoms with van der Waals surface area (Å²) < 4.78 is 6.50. The van der Waals surface area contributed by atoms with Gasteiger partial charge in [0, 0.05) is 24.6 Å². The van der Waals surface area contributed by atoms with Crippen molar-refractivity contribution < 1.29 is 9.53 Å². The summed E-state index contributed by atoms with van der Waals surface area (Å²) >= 11 is 3.36. The predicted molar refractivity (Wildman–Crippen MR) is 82.6 cm³/mol. The average Bonchev–Trinajstić information content (AvgIpc) is 2.47. The summed E-state index contributed by atoms with van der Waals surface area (Å²) in [6, 6.07) is 7.36. The number of nitrogens with one attached hydrogen (secondary N) is 1. The third kappa shape index (κ3) is 3.21. The first-order valence-corrected chi connectivity index (χ1v) is 7.57. The number of amides is 1. The van der Waals surface area contributed by atoms with Crippen LogP contribution in [0.15, 0.2) is 28.9 Å². The molecule has 0 radical (unpaired) electrons. The maximum atomic E-state index is 11.3. The lowest BCUT2D eigenvalue weighted by Crippen LogP contribution is -2.18. The number of aromatic nitrogens is 2. The van der Waals surface area contributed by atoms with Gasteiger partial charge in [-0.05, 0) is 46.1 Å². The van der Waals surface area contributed by atoms with Crippen LogP contribution in [-0.4, -0.2) is 15.9 Å². The summed E-state index contributed by atoms with van der Waals surface area (Å²) in [7, 11) is 0. The Labute approximate surface area is 130 Å². The van der Waals surface area contributed by atoms with Crippen molar-refractivity contribution in [2.45, 2.75) is 26.2 Å². The first-order chi connectivity index (χ1) is 10.1. The number of fused-ring (bicyclic) bond motifs is 1. The van der Waals surface area contributed by atoms with Crippen molar-refractivity contribution in [1.29, 1.82) is 0 Å². The van der Waals surface area contributed by atoms with Crippen molar-refractivity contribution in [1.82, 2.24) is 9.97 Å². The number of carbonyl (C=O) groups excluding carboxylic acids is 1. The van der Waals surface area contributed by atoms with E-state index in [1.807, 2.05) is 25.1 Å². The van der Waals surface area contributed by atoms with Crippen LogP contribution >= 0.6 is 15.9 Å². The van der Waals surface area contributed by atoms with Crippen LogP contribution in [0.5, 0.6) is 11.6 Å². The largest absolute Gasteiger partial charge is 0.439 e. The van der Waals surface area contributed by atoms with E-state index < -0.39 is 0 Å². The Morgan fingerprint density at radius 1 is 1.29 bits per heavy atom. The lowest BCUT2D eigenvalue weighted by Gasteiger charge is -2.17. The third-order valence-corrected chi connectivity index (χ3v) is 3.63. The molecule has 6 heteroatoms. The van der Waals surface area contributed by atoms with Gasteiger partial charge < -0.3 is 10.1 Å². The molecule has 0 aliphatic carbocycles. The van der Waals surface area contributed by atoms with Gasteiger partial charge in [0.25, 0.3) is 0 Å². The quantitative estimate of drug-likeness (QED) is 0.863. The van der Waals surface area contributed by atoms with Crippen molar-refractivity contribution in [2.24, 2.45) is 0 Å². The van der Waals surface area contributed by atoms with Crippen LogP contribution in [0, 0.1) is 0 Å². The molecule has 2 aromatic rings. The topological polar surface area (TPSA) is 64.1 Å². The number of carbonyl (C=O) groups is 1. The average molecular weight is 348 g/mol. The Kier molecular flexibility index (Phi) is 3.88. The van der Waals surface area contributed by atoms with Gasteiger partial charge in [-0.3, -0.25) is 4.79 Å². The van der Waals surface area contributed by atoms with Gasteiger partial charge in [0.05, 0.1) is 0 Å². The van der Waals surface area contributed by atoms with Gasteiger partial charge in [-0.15, -0.1) is 0 Å². The van der Waals surface area contributed by atoms with Gasteiger partial charge >= 0.3 is 0 Å². The molecule has 0 saturated carbocycles. The highest BCUT2D eigenvalue weighted by molar-refractivity contribution is 9.10. The number of hydrogen-bond donors (Lipinski definition) is 1. The maximum Gasteiger partial charge on any atom is 0.224 e. The molecule has 2 heterocycles. The SMILES string of the molecule is CCc1nc(Br)cc(Oc2ccc3c(c2)CCC(=O)N3)n1. The van der Waals surface area contributed by atoms with E-state index in [-0.39, 0.29) is 5.91 Å². The highest BCUT2D eigenvalue weighted by Gasteiger charge is 2.15. The van der Waals surface area contributed by atoms with Gasteiger partial charge in [-0.25, -0.2) is 4.98 Å². The minimum atomic E-state index is 0.0588. The van der Waals surface area contributed by atoms with E-state index in [1.165, 1.54) is 0 Å². The number of halogens is 1. The number of rotatable bonds is 3. The van der Waals surface area contributed by atoms with E-state index in [9.17, 15) is 4.79 Å². The predicted octanol–water partition coefficient (Wildman–Crippen LogP) is 3.48. The molecule has 0 bridgehead atoms. The Morgan fingerprint density at radius 2 is 2.14 bits per heavy atom. The Hall–Kier alpha value is -1.95. The summed E-state index contributed by atoms with van der Waals surface area (Å²) in [5.74, 6) is 2.00. The second-order valence-electron chi connectivity index (χ2n) is 4.77. The van der Waals surface area contributed by atoms with E-state index in [0.717, 1.165) is 29.9 Å². The molecule has 0 atom stereocenters. The molecule has 108 valence electrons. The second kappa shape index (κ2) is 5.81. The molecule has 0 saturated heterocycles. The molecule has 5 nitrogen and oxygen atoms in total. The molecule has 1 amide bonds. The highest BCUT2D eigenvalue weighted by atomic mass is 79.9. The third-order valence-electron chi connectivity index (χ3n) is 3.23. The van der Waals surface area contributed by atoms with Crippen LogP contribution in [0.4, 0.5) is 5.69 Å². The molecule has 1 aromatic carbocycles. The van der Waals surface area contributed by atoms with Gasteiger partial charge in [0.15, 0.2) is 0 Å². The van der Waals surface area contributed by atoms with E-state index in [1.54, 1.807) is 6.07 Å². The van der Waals surface area contributed by atoms with E-state index in [0.29, 0.717) is 22.7 Å². The lowest BCUT2D eigenvalue weighted by atomic mass is 10.0. The molecule has 21 heavy (non-hydrogen) atoms. The summed E-state index contributed by atoms with van der Waals surface area (Å²) in [6.07, 6.45) is 1.98. The Morgan fingerprint density at radius 3 is 2.95 bits per heavy atom. The zero-order valence-corrected chi connectivity index (χ0v) is 13.1. The number of hydrogen-bond acceptors (Lipinski definition) is 4. The lowest BCUT2D eigenvalue weighted by molar-refractivity contribution is -0.116. The number of benzene rings is 1. The van der Waals surface area contributed by atoms with Crippen molar-refractivity contribution >= 4 is 27.5 Å². The first-order valence-electron chi connectivity index (χ1n) is 6.78. The van der Waals surface area contributed by atoms with Crippen molar-refractivity contribution in [3.05, 3.63) is 40.3 Å².